The molecule has 0 heterocycles. The zero-order valence-corrected chi connectivity index (χ0v) is 13.7. The smallest absolute Gasteiger partial charge is 0.339 e. The summed E-state index contributed by atoms with van der Waals surface area (Å²) >= 11 is 0. The molecule has 7 heteroatoms. The molecule has 24 heavy (non-hydrogen) atoms. The molecule has 2 amide bonds. The normalized spacial score (nSPS) is 10.3. The fourth-order valence-electron chi connectivity index (χ4n) is 2.02. The second-order valence-electron chi connectivity index (χ2n) is 4.65. The third-order valence-electron chi connectivity index (χ3n) is 3.10. The van der Waals surface area contributed by atoms with Crippen molar-refractivity contribution in [3.8, 4) is 17.2 Å². The summed E-state index contributed by atoms with van der Waals surface area (Å²) in [6.07, 6.45) is 1.48. The van der Waals surface area contributed by atoms with E-state index in [-0.39, 0.29) is 0 Å². The van der Waals surface area contributed by atoms with Crippen molar-refractivity contribution in [2.24, 2.45) is 5.10 Å². The van der Waals surface area contributed by atoms with Crippen LogP contribution in [0.15, 0.2) is 47.6 Å². The first kappa shape index (κ1) is 17.1. The number of carbonyl (C=O) groups is 1. The van der Waals surface area contributed by atoms with E-state index in [2.05, 4.69) is 15.8 Å². The highest BCUT2D eigenvalue weighted by molar-refractivity contribution is 5.90. The van der Waals surface area contributed by atoms with Crippen LogP contribution in [0, 0.1) is 0 Å². The van der Waals surface area contributed by atoms with Crippen LogP contribution >= 0.6 is 0 Å². The topological polar surface area (TPSA) is 81.2 Å². The molecule has 0 radical (unpaired) electrons. The minimum atomic E-state index is -0.440. The van der Waals surface area contributed by atoms with Crippen LogP contribution < -0.4 is 25.0 Å². The van der Waals surface area contributed by atoms with E-state index in [0.29, 0.717) is 28.5 Å². The van der Waals surface area contributed by atoms with E-state index in [1.54, 1.807) is 24.3 Å². The standard InChI is InChI=1S/C17H19N3O4/c1-22-14-9-12(10-15(23-2)16(14)24-3)11-18-20-17(21)19-13-7-5-4-6-8-13/h4-11H,1-3H3,(H2,19,20,21)/b18-11+. The Balaban J connectivity index is 2.04. The molecule has 0 unspecified atom stereocenters. The third-order valence-corrected chi connectivity index (χ3v) is 3.10. The summed E-state index contributed by atoms with van der Waals surface area (Å²) in [4.78, 5) is 11.7. The lowest BCUT2D eigenvalue weighted by Gasteiger charge is -2.12. The Morgan fingerprint density at radius 1 is 1.00 bits per heavy atom. The van der Waals surface area contributed by atoms with E-state index >= 15 is 0 Å². The third kappa shape index (κ3) is 4.39. The van der Waals surface area contributed by atoms with E-state index in [9.17, 15) is 4.79 Å². The first-order valence-electron chi connectivity index (χ1n) is 7.13. The summed E-state index contributed by atoms with van der Waals surface area (Å²) < 4.78 is 15.8. The van der Waals surface area contributed by atoms with Gasteiger partial charge in [-0.1, -0.05) is 18.2 Å². The number of hydrogen-bond donors (Lipinski definition) is 2. The molecule has 0 bridgehead atoms. The van der Waals surface area contributed by atoms with Gasteiger partial charge in [0.2, 0.25) is 5.75 Å². The van der Waals surface area contributed by atoms with E-state index in [1.807, 2.05) is 18.2 Å². The largest absolute Gasteiger partial charge is 0.493 e. The molecule has 7 nitrogen and oxygen atoms in total. The number of nitrogens with one attached hydrogen (secondary N) is 2. The first-order chi connectivity index (χ1) is 11.7. The molecule has 0 fully saturated rings. The number of hydrogen-bond acceptors (Lipinski definition) is 5. The Kier molecular flexibility index (Phi) is 6.01. The summed E-state index contributed by atoms with van der Waals surface area (Å²) in [7, 11) is 4.59. The Morgan fingerprint density at radius 2 is 1.62 bits per heavy atom. The van der Waals surface area contributed by atoms with Crippen LogP contribution in [0.1, 0.15) is 5.56 Å². The van der Waals surface area contributed by atoms with Crippen molar-refractivity contribution in [3.63, 3.8) is 0 Å². The van der Waals surface area contributed by atoms with Gasteiger partial charge in [-0.15, -0.1) is 0 Å². The average molecular weight is 329 g/mol. The van der Waals surface area contributed by atoms with E-state index in [4.69, 9.17) is 14.2 Å². The highest BCUT2D eigenvalue weighted by atomic mass is 16.5. The molecule has 0 aliphatic heterocycles. The first-order valence-corrected chi connectivity index (χ1v) is 7.13. The van der Waals surface area contributed by atoms with Crippen molar-refractivity contribution in [2.45, 2.75) is 0 Å². The molecule has 126 valence electrons. The highest BCUT2D eigenvalue weighted by Crippen LogP contribution is 2.37. The number of ether oxygens (including phenoxy) is 3. The predicted molar refractivity (Wildman–Crippen MR) is 92.3 cm³/mol. The zero-order chi connectivity index (χ0) is 17.4. The fourth-order valence-corrected chi connectivity index (χ4v) is 2.02. The van der Waals surface area contributed by atoms with Crippen LogP contribution in [-0.4, -0.2) is 33.6 Å². The van der Waals surface area contributed by atoms with Crippen LogP contribution in [0.3, 0.4) is 0 Å². The molecule has 2 aromatic carbocycles. The molecular weight excluding hydrogens is 310 g/mol. The van der Waals surface area contributed by atoms with Gasteiger partial charge in [0.1, 0.15) is 0 Å². The van der Waals surface area contributed by atoms with Gasteiger partial charge < -0.3 is 19.5 Å². The van der Waals surface area contributed by atoms with Crippen molar-refractivity contribution in [3.05, 3.63) is 48.0 Å². The van der Waals surface area contributed by atoms with Gasteiger partial charge in [0.05, 0.1) is 27.5 Å². The Morgan fingerprint density at radius 3 is 2.17 bits per heavy atom. The number of methoxy groups -OCH3 is 3. The minimum Gasteiger partial charge on any atom is -0.493 e. The van der Waals surface area contributed by atoms with Crippen LogP contribution in [0.2, 0.25) is 0 Å². The number of hydrazone groups is 1. The van der Waals surface area contributed by atoms with Crippen molar-refractivity contribution < 1.29 is 19.0 Å². The van der Waals surface area contributed by atoms with Crippen molar-refractivity contribution >= 4 is 17.9 Å². The summed E-state index contributed by atoms with van der Waals surface area (Å²) in [6.45, 7) is 0. The summed E-state index contributed by atoms with van der Waals surface area (Å²) in [5.74, 6) is 1.51. The van der Waals surface area contributed by atoms with E-state index in [1.165, 1.54) is 27.5 Å². The van der Waals surface area contributed by atoms with Gasteiger partial charge >= 0.3 is 6.03 Å². The van der Waals surface area contributed by atoms with Gasteiger partial charge in [0, 0.05) is 11.3 Å². The number of benzene rings is 2. The van der Waals surface area contributed by atoms with Gasteiger partial charge in [-0.3, -0.25) is 0 Å². The molecule has 0 atom stereocenters. The lowest BCUT2D eigenvalue weighted by molar-refractivity contribution is 0.252. The van der Waals surface area contributed by atoms with E-state index in [0.717, 1.165) is 0 Å². The molecule has 0 spiro atoms. The Labute approximate surface area is 140 Å². The highest BCUT2D eigenvalue weighted by Gasteiger charge is 2.12. The summed E-state index contributed by atoms with van der Waals surface area (Å²) in [6, 6.07) is 12.1. The molecule has 0 saturated carbocycles. The summed E-state index contributed by atoms with van der Waals surface area (Å²) in [5.41, 5.74) is 3.75. The van der Waals surface area contributed by atoms with Gasteiger partial charge in [-0.05, 0) is 24.3 Å². The Hall–Kier alpha value is -3.22. The summed E-state index contributed by atoms with van der Waals surface area (Å²) in [5, 5.41) is 6.56. The number of carbonyl (C=O) groups excluding carboxylic acids is 1. The lowest BCUT2D eigenvalue weighted by Crippen LogP contribution is -2.24. The maximum atomic E-state index is 11.7. The van der Waals surface area contributed by atoms with Crippen molar-refractivity contribution in [2.75, 3.05) is 26.6 Å². The van der Waals surface area contributed by atoms with E-state index < -0.39 is 6.03 Å². The maximum Gasteiger partial charge on any atom is 0.339 e. The quantitative estimate of drug-likeness (QED) is 0.631. The SMILES string of the molecule is COc1cc(/C=N/NC(=O)Nc2ccccc2)cc(OC)c1OC. The second kappa shape index (κ2) is 8.42. The number of urea groups is 1. The molecule has 0 aromatic heterocycles. The second-order valence-corrected chi connectivity index (χ2v) is 4.65. The fraction of sp³-hybridized carbons (Fsp3) is 0.176. The number of nitrogens with zero attached hydrogens (tertiary/aromatic N) is 1. The molecule has 0 saturated heterocycles. The number of para-hydroxylation sites is 1. The molecule has 0 aliphatic carbocycles. The minimum absolute atomic E-state index is 0.440. The van der Waals surface area contributed by atoms with Gasteiger partial charge in [0.15, 0.2) is 11.5 Å². The van der Waals surface area contributed by atoms with Gasteiger partial charge in [0.25, 0.3) is 0 Å². The molecule has 2 rings (SSSR count). The van der Waals surface area contributed by atoms with Crippen LogP contribution in [0.25, 0.3) is 0 Å². The van der Waals surface area contributed by atoms with Gasteiger partial charge in [-0.2, -0.15) is 5.10 Å². The maximum absolute atomic E-state index is 11.7. The molecule has 2 aromatic rings. The van der Waals surface area contributed by atoms with Crippen molar-refractivity contribution in [1.29, 1.82) is 0 Å². The predicted octanol–water partition coefficient (Wildman–Crippen LogP) is 2.87. The monoisotopic (exact) mass is 329 g/mol. The van der Waals surface area contributed by atoms with Gasteiger partial charge in [-0.25, -0.2) is 10.2 Å². The van der Waals surface area contributed by atoms with Crippen LogP contribution in [-0.2, 0) is 0 Å². The van der Waals surface area contributed by atoms with Crippen LogP contribution in [0.4, 0.5) is 10.5 Å². The molecule has 0 aliphatic rings. The number of rotatable bonds is 6. The van der Waals surface area contributed by atoms with Crippen LogP contribution in [0.5, 0.6) is 17.2 Å². The number of amides is 2. The molecule has 2 N–H and O–H groups in total. The average Bonchev–Trinajstić information content (AvgIpc) is 2.61. The van der Waals surface area contributed by atoms with Crippen molar-refractivity contribution in [1.82, 2.24) is 5.43 Å². The lowest BCUT2D eigenvalue weighted by atomic mass is 10.2. The zero-order valence-electron chi connectivity index (χ0n) is 13.7. The number of anilines is 1. The molecular formula is C17H19N3O4. The Bertz CT molecular complexity index is 692.